The Bertz CT molecular complexity index is 721. The number of amides is 1. The average molecular weight is 317 g/mol. The number of carbonyl (C=O) groups is 1. The molecule has 3 rings (SSSR count). The van der Waals surface area contributed by atoms with Crippen LogP contribution in [0, 0.1) is 12.8 Å². The molecule has 1 fully saturated rings. The number of piperidine rings is 1. The van der Waals surface area contributed by atoms with Gasteiger partial charge in [-0.1, -0.05) is 0 Å². The van der Waals surface area contributed by atoms with Gasteiger partial charge in [-0.15, -0.1) is 0 Å². The van der Waals surface area contributed by atoms with Crippen molar-refractivity contribution < 1.29 is 19.1 Å². The highest BCUT2D eigenvalue weighted by Crippen LogP contribution is 2.32. The van der Waals surface area contributed by atoms with Crippen molar-refractivity contribution in [3.63, 3.8) is 0 Å². The number of ether oxygens (including phenoxy) is 1. The molecule has 1 saturated heterocycles. The third kappa shape index (κ3) is 2.81. The molecule has 0 aliphatic carbocycles. The van der Waals surface area contributed by atoms with Crippen LogP contribution in [0.4, 0.5) is 0 Å². The minimum Gasteiger partial charge on any atom is -0.497 e. The van der Waals surface area contributed by atoms with Crippen LogP contribution in [0.5, 0.6) is 5.75 Å². The van der Waals surface area contributed by atoms with E-state index in [0.717, 1.165) is 18.2 Å². The summed E-state index contributed by atoms with van der Waals surface area (Å²) in [5.74, 6) is 1.45. The number of rotatable bonds is 3. The Labute approximate surface area is 135 Å². The largest absolute Gasteiger partial charge is 0.497 e. The minimum absolute atomic E-state index is 0.0276. The van der Waals surface area contributed by atoms with Gasteiger partial charge < -0.3 is 19.2 Å². The number of nitrogens with zero attached hydrogens (tertiary/aromatic N) is 1. The zero-order valence-electron chi connectivity index (χ0n) is 13.8. The van der Waals surface area contributed by atoms with Crippen LogP contribution in [-0.2, 0) is 0 Å². The van der Waals surface area contributed by atoms with E-state index < -0.39 is 0 Å². The average Bonchev–Trinajstić information content (AvgIpc) is 2.89. The van der Waals surface area contributed by atoms with Crippen LogP contribution < -0.4 is 4.74 Å². The molecule has 5 nitrogen and oxygen atoms in total. The summed E-state index contributed by atoms with van der Waals surface area (Å²) in [5, 5.41) is 10.2. The van der Waals surface area contributed by atoms with Gasteiger partial charge in [-0.25, -0.2) is 0 Å². The number of aryl methyl sites for hydroxylation is 1. The predicted molar refractivity (Wildman–Crippen MR) is 87.8 cm³/mol. The van der Waals surface area contributed by atoms with Gasteiger partial charge in [0, 0.05) is 24.6 Å². The summed E-state index contributed by atoms with van der Waals surface area (Å²) < 4.78 is 11.0. The van der Waals surface area contributed by atoms with Gasteiger partial charge in [0.25, 0.3) is 5.91 Å². The third-order valence-electron chi connectivity index (χ3n) is 4.78. The van der Waals surface area contributed by atoms with Gasteiger partial charge in [0.15, 0.2) is 0 Å². The lowest BCUT2D eigenvalue weighted by atomic mass is 9.93. The Morgan fingerprint density at radius 2 is 2.22 bits per heavy atom. The first kappa shape index (κ1) is 15.9. The van der Waals surface area contributed by atoms with Crippen LogP contribution in [0.3, 0.4) is 0 Å². The number of fused-ring (bicyclic) bond motifs is 1. The molecule has 0 radical (unpaired) electrons. The van der Waals surface area contributed by atoms with E-state index >= 15 is 0 Å². The van der Waals surface area contributed by atoms with Crippen LogP contribution in [0.15, 0.2) is 22.6 Å². The Morgan fingerprint density at radius 3 is 2.91 bits per heavy atom. The lowest BCUT2D eigenvalue weighted by Gasteiger charge is -2.37. The van der Waals surface area contributed by atoms with Crippen molar-refractivity contribution in [2.75, 3.05) is 20.3 Å². The zero-order valence-corrected chi connectivity index (χ0v) is 13.8. The highest BCUT2D eigenvalue weighted by atomic mass is 16.5. The van der Waals surface area contributed by atoms with E-state index in [1.165, 1.54) is 0 Å². The second-order valence-electron chi connectivity index (χ2n) is 6.33. The molecule has 23 heavy (non-hydrogen) atoms. The SMILES string of the molecule is COc1ccc2oc(C)c(C(=O)N3CC(CO)CCC3C)c2c1. The quantitative estimate of drug-likeness (QED) is 0.945. The molecule has 1 aliphatic rings. The van der Waals surface area contributed by atoms with Crippen molar-refractivity contribution in [3.8, 4) is 5.75 Å². The topological polar surface area (TPSA) is 62.9 Å². The molecule has 0 spiro atoms. The first-order valence-corrected chi connectivity index (χ1v) is 8.04. The predicted octanol–water partition coefficient (Wildman–Crippen LogP) is 2.98. The zero-order chi connectivity index (χ0) is 16.6. The second kappa shape index (κ2) is 6.24. The van der Waals surface area contributed by atoms with Crippen LogP contribution in [-0.4, -0.2) is 42.2 Å². The third-order valence-corrected chi connectivity index (χ3v) is 4.78. The number of carbonyl (C=O) groups excluding carboxylic acids is 1. The first-order valence-electron chi connectivity index (χ1n) is 8.04. The molecule has 1 aromatic heterocycles. The summed E-state index contributed by atoms with van der Waals surface area (Å²) in [6.07, 6.45) is 1.87. The molecule has 1 aromatic carbocycles. The Kier molecular flexibility index (Phi) is 4.31. The molecule has 0 bridgehead atoms. The maximum absolute atomic E-state index is 13.1. The highest BCUT2D eigenvalue weighted by molar-refractivity contribution is 6.07. The maximum Gasteiger partial charge on any atom is 0.258 e. The molecular weight excluding hydrogens is 294 g/mol. The van der Waals surface area contributed by atoms with Gasteiger partial charge in [-0.3, -0.25) is 4.79 Å². The van der Waals surface area contributed by atoms with Crippen molar-refractivity contribution in [1.82, 2.24) is 4.90 Å². The van der Waals surface area contributed by atoms with E-state index in [1.807, 2.05) is 30.0 Å². The van der Waals surface area contributed by atoms with E-state index in [9.17, 15) is 9.90 Å². The molecule has 1 aliphatic heterocycles. The van der Waals surface area contributed by atoms with E-state index in [0.29, 0.717) is 29.2 Å². The van der Waals surface area contributed by atoms with Gasteiger partial charge in [-0.2, -0.15) is 0 Å². The number of aliphatic hydroxyl groups excluding tert-OH is 1. The van der Waals surface area contributed by atoms with Crippen molar-refractivity contribution in [3.05, 3.63) is 29.5 Å². The molecule has 2 aromatic rings. The molecule has 1 amide bonds. The number of aliphatic hydroxyl groups is 1. The number of furan rings is 1. The van der Waals surface area contributed by atoms with Crippen LogP contribution in [0.2, 0.25) is 0 Å². The minimum atomic E-state index is -0.0276. The molecule has 1 N–H and O–H groups in total. The fourth-order valence-corrected chi connectivity index (χ4v) is 3.35. The standard InChI is InChI=1S/C18H23NO4/c1-11-4-5-13(10-20)9-19(11)18(21)17-12(2)23-16-7-6-14(22-3)8-15(16)17/h6-8,11,13,20H,4-5,9-10H2,1-3H3. The second-order valence-corrected chi connectivity index (χ2v) is 6.33. The van der Waals surface area contributed by atoms with E-state index in [4.69, 9.17) is 9.15 Å². The van der Waals surface area contributed by atoms with Crippen molar-refractivity contribution in [1.29, 1.82) is 0 Å². The molecule has 5 heteroatoms. The van der Waals surface area contributed by atoms with Crippen molar-refractivity contribution in [2.45, 2.75) is 32.7 Å². The first-order chi connectivity index (χ1) is 11.0. The number of methoxy groups -OCH3 is 1. The van der Waals surface area contributed by atoms with E-state index in [2.05, 4.69) is 6.92 Å². The number of hydrogen-bond acceptors (Lipinski definition) is 4. The summed E-state index contributed by atoms with van der Waals surface area (Å²) in [4.78, 5) is 15.0. The molecule has 2 heterocycles. The van der Waals surface area contributed by atoms with Crippen LogP contribution >= 0.6 is 0 Å². The van der Waals surface area contributed by atoms with E-state index in [1.54, 1.807) is 7.11 Å². The van der Waals surface area contributed by atoms with Gasteiger partial charge in [0.05, 0.1) is 12.7 Å². The number of hydrogen-bond donors (Lipinski definition) is 1. The summed E-state index contributed by atoms with van der Waals surface area (Å²) >= 11 is 0. The summed E-state index contributed by atoms with van der Waals surface area (Å²) in [5.41, 5.74) is 1.29. The summed E-state index contributed by atoms with van der Waals surface area (Å²) in [6, 6.07) is 5.66. The van der Waals surface area contributed by atoms with Gasteiger partial charge in [0.1, 0.15) is 17.1 Å². The maximum atomic E-state index is 13.1. The molecular formula is C18H23NO4. The highest BCUT2D eigenvalue weighted by Gasteiger charge is 2.32. The lowest BCUT2D eigenvalue weighted by Crippen LogP contribution is -2.46. The molecule has 124 valence electrons. The van der Waals surface area contributed by atoms with Crippen molar-refractivity contribution >= 4 is 16.9 Å². The summed E-state index contributed by atoms with van der Waals surface area (Å²) in [6.45, 7) is 4.59. The van der Waals surface area contributed by atoms with Gasteiger partial charge >= 0.3 is 0 Å². The van der Waals surface area contributed by atoms with Crippen LogP contribution in [0.25, 0.3) is 11.0 Å². The monoisotopic (exact) mass is 317 g/mol. The van der Waals surface area contributed by atoms with E-state index in [-0.39, 0.29) is 24.5 Å². The van der Waals surface area contributed by atoms with Gasteiger partial charge in [-0.05, 0) is 50.8 Å². The van der Waals surface area contributed by atoms with Crippen molar-refractivity contribution in [2.24, 2.45) is 5.92 Å². The normalized spacial score (nSPS) is 21.7. The lowest BCUT2D eigenvalue weighted by molar-refractivity contribution is 0.0489. The Hall–Kier alpha value is -2.01. The number of benzene rings is 1. The molecule has 0 saturated carbocycles. The van der Waals surface area contributed by atoms with Crippen LogP contribution in [0.1, 0.15) is 35.9 Å². The smallest absolute Gasteiger partial charge is 0.258 e. The fraction of sp³-hybridized carbons (Fsp3) is 0.500. The summed E-state index contributed by atoms with van der Waals surface area (Å²) in [7, 11) is 1.61. The Morgan fingerprint density at radius 1 is 1.43 bits per heavy atom. The fourth-order valence-electron chi connectivity index (χ4n) is 3.35. The molecule has 2 atom stereocenters. The number of likely N-dealkylation sites (tertiary alicyclic amines) is 1. The van der Waals surface area contributed by atoms with Gasteiger partial charge in [0.2, 0.25) is 0 Å². The molecule has 2 unspecified atom stereocenters. The Balaban J connectivity index is 2.01.